The first-order valence-electron chi connectivity index (χ1n) is 7.02. The van der Waals surface area contributed by atoms with Crippen molar-refractivity contribution < 1.29 is 4.79 Å². The zero-order chi connectivity index (χ0) is 15.4. The van der Waals surface area contributed by atoms with Gasteiger partial charge >= 0.3 is 0 Å². The van der Waals surface area contributed by atoms with Crippen LogP contribution in [0, 0.1) is 0 Å². The lowest BCUT2D eigenvalue weighted by Crippen LogP contribution is -2.47. The molecule has 21 heavy (non-hydrogen) atoms. The first-order chi connectivity index (χ1) is 9.97. The highest BCUT2D eigenvalue weighted by molar-refractivity contribution is 8.00. The third kappa shape index (κ3) is 4.43. The van der Waals surface area contributed by atoms with E-state index in [-0.39, 0.29) is 5.91 Å². The van der Waals surface area contributed by atoms with Crippen LogP contribution in [-0.2, 0) is 4.79 Å². The minimum absolute atomic E-state index is 0.0176. The maximum Gasteiger partial charge on any atom is 0.238 e. The third-order valence-corrected chi connectivity index (χ3v) is 5.39. The van der Waals surface area contributed by atoms with Gasteiger partial charge in [-0.1, -0.05) is 19.1 Å². The molecule has 1 aromatic rings. The molecule has 2 rings (SSSR count). The van der Waals surface area contributed by atoms with Crippen molar-refractivity contribution in [2.45, 2.75) is 25.1 Å². The summed E-state index contributed by atoms with van der Waals surface area (Å²) in [5, 5.41) is 3.49. The van der Waals surface area contributed by atoms with Crippen molar-refractivity contribution in [3.05, 3.63) is 29.8 Å². The Morgan fingerprint density at radius 2 is 2.10 bits per heavy atom. The van der Waals surface area contributed by atoms with Gasteiger partial charge in [-0.25, -0.2) is 0 Å². The topological polar surface area (TPSA) is 58.4 Å². The minimum Gasteiger partial charge on any atom is -0.389 e. The van der Waals surface area contributed by atoms with E-state index in [0.717, 1.165) is 23.5 Å². The van der Waals surface area contributed by atoms with Crippen LogP contribution in [-0.4, -0.2) is 45.9 Å². The smallest absolute Gasteiger partial charge is 0.238 e. The van der Waals surface area contributed by atoms with Gasteiger partial charge < -0.3 is 11.1 Å². The molecule has 0 aliphatic carbocycles. The van der Waals surface area contributed by atoms with E-state index in [1.165, 1.54) is 0 Å². The number of nitrogens with one attached hydrogen (secondary N) is 1. The number of nitrogens with two attached hydrogens (primary N) is 1. The van der Waals surface area contributed by atoms with Crippen molar-refractivity contribution in [3.8, 4) is 0 Å². The van der Waals surface area contributed by atoms with Crippen molar-refractivity contribution in [2.75, 3.05) is 24.2 Å². The fourth-order valence-electron chi connectivity index (χ4n) is 2.32. The Labute approximate surface area is 135 Å². The van der Waals surface area contributed by atoms with Crippen molar-refractivity contribution in [3.63, 3.8) is 0 Å². The predicted molar refractivity (Wildman–Crippen MR) is 93.9 cm³/mol. The van der Waals surface area contributed by atoms with Gasteiger partial charge in [0.05, 0.1) is 6.54 Å². The molecule has 0 aromatic heterocycles. The largest absolute Gasteiger partial charge is 0.389 e. The van der Waals surface area contributed by atoms with Crippen LogP contribution < -0.4 is 11.1 Å². The quantitative estimate of drug-likeness (QED) is 0.831. The molecule has 1 saturated heterocycles. The second kappa shape index (κ2) is 7.24. The number of carbonyl (C=O) groups excluding carboxylic acids is 1. The molecule has 1 aliphatic rings. The zero-order valence-corrected chi connectivity index (χ0v) is 14.0. The number of anilines is 1. The maximum atomic E-state index is 12.1. The second-order valence-corrected chi connectivity index (χ2v) is 7.20. The van der Waals surface area contributed by atoms with E-state index < -0.39 is 0 Å². The fraction of sp³-hybridized carbons (Fsp3) is 0.467. The van der Waals surface area contributed by atoms with E-state index in [1.54, 1.807) is 0 Å². The number of nitrogens with zero attached hydrogens (tertiary/aromatic N) is 1. The molecule has 0 saturated carbocycles. The molecule has 1 aliphatic heterocycles. The monoisotopic (exact) mass is 323 g/mol. The standard InChI is InChI=1S/C15H21N3OS2/c1-10-11(2)21-8-7-18(10)9-14(19)17-13-5-3-12(4-6-13)15(16)20/h3-6,10-11H,7-9H2,1-2H3,(H2,16,20)(H,17,19). The van der Waals surface area contributed by atoms with Gasteiger partial charge in [-0.05, 0) is 31.2 Å². The molecular weight excluding hydrogens is 302 g/mol. The van der Waals surface area contributed by atoms with Crippen molar-refractivity contribution in [1.82, 2.24) is 4.90 Å². The number of benzene rings is 1. The van der Waals surface area contributed by atoms with E-state index in [1.807, 2.05) is 36.0 Å². The van der Waals surface area contributed by atoms with Gasteiger partial charge in [0.25, 0.3) is 0 Å². The van der Waals surface area contributed by atoms with Crippen LogP contribution in [0.2, 0.25) is 0 Å². The SMILES string of the molecule is CC1SCCN(CC(=O)Nc2ccc(C(N)=S)cc2)C1C. The van der Waals surface area contributed by atoms with Gasteiger partial charge in [-0.15, -0.1) is 0 Å². The van der Waals surface area contributed by atoms with Gasteiger partial charge in [0.1, 0.15) is 4.99 Å². The van der Waals surface area contributed by atoms with Gasteiger partial charge in [-0.2, -0.15) is 11.8 Å². The molecular formula is C15H21N3OS2. The van der Waals surface area contributed by atoms with Crippen LogP contribution in [0.1, 0.15) is 19.4 Å². The first kappa shape index (κ1) is 16.3. The Kier molecular flexibility index (Phi) is 5.61. The number of thioether (sulfide) groups is 1. The summed E-state index contributed by atoms with van der Waals surface area (Å²) < 4.78 is 0. The van der Waals surface area contributed by atoms with Crippen molar-refractivity contribution in [2.24, 2.45) is 5.73 Å². The molecule has 1 fully saturated rings. The van der Waals surface area contributed by atoms with E-state index in [4.69, 9.17) is 18.0 Å². The number of hydrogen-bond acceptors (Lipinski definition) is 4. The van der Waals surface area contributed by atoms with E-state index in [9.17, 15) is 4.79 Å². The van der Waals surface area contributed by atoms with Crippen LogP contribution >= 0.6 is 24.0 Å². The van der Waals surface area contributed by atoms with Crippen LogP contribution in [0.15, 0.2) is 24.3 Å². The zero-order valence-electron chi connectivity index (χ0n) is 12.3. The summed E-state index contributed by atoms with van der Waals surface area (Å²) in [5.41, 5.74) is 7.13. The third-order valence-electron chi connectivity index (χ3n) is 3.81. The lowest BCUT2D eigenvalue weighted by atomic mass is 10.2. The molecule has 2 unspecified atom stereocenters. The van der Waals surface area contributed by atoms with Gasteiger partial charge in [0, 0.05) is 34.8 Å². The molecule has 2 atom stereocenters. The number of thiocarbonyl (C=S) groups is 1. The molecule has 3 N–H and O–H groups in total. The molecule has 4 nitrogen and oxygen atoms in total. The molecule has 0 bridgehead atoms. The van der Waals surface area contributed by atoms with Gasteiger partial charge in [0.15, 0.2) is 0 Å². The van der Waals surface area contributed by atoms with E-state index in [0.29, 0.717) is 22.8 Å². The minimum atomic E-state index is 0.0176. The highest BCUT2D eigenvalue weighted by Gasteiger charge is 2.26. The van der Waals surface area contributed by atoms with Crippen LogP contribution in [0.3, 0.4) is 0 Å². The molecule has 6 heteroatoms. The first-order valence-corrected chi connectivity index (χ1v) is 8.48. The normalized spacial score (nSPS) is 22.8. The van der Waals surface area contributed by atoms with Crippen LogP contribution in [0.5, 0.6) is 0 Å². The highest BCUT2D eigenvalue weighted by atomic mass is 32.2. The number of amides is 1. The predicted octanol–water partition coefficient (Wildman–Crippen LogP) is 2.09. The Morgan fingerprint density at radius 3 is 2.71 bits per heavy atom. The second-order valence-electron chi connectivity index (χ2n) is 5.28. The average molecular weight is 323 g/mol. The summed E-state index contributed by atoms with van der Waals surface area (Å²) >= 11 is 6.87. The average Bonchev–Trinajstić information content (AvgIpc) is 2.44. The summed E-state index contributed by atoms with van der Waals surface area (Å²) in [6.07, 6.45) is 0. The molecule has 1 heterocycles. The van der Waals surface area contributed by atoms with Gasteiger partial charge in [0.2, 0.25) is 5.91 Å². The maximum absolute atomic E-state index is 12.1. The van der Waals surface area contributed by atoms with Gasteiger partial charge in [-0.3, -0.25) is 9.69 Å². The lowest BCUT2D eigenvalue weighted by Gasteiger charge is -2.36. The Balaban J connectivity index is 1.90. The van der Waals surface area contributed by atoms with Crippen molar-refractivity contribution >= 4 is 40.6 Å². The lowest BCUT2D eigenvalue weighted by molar-refractivity contribution is -0.117. The Hall–Kier alpha value is -1.11. The number of carbonyl (C=O) groups is 1. The van der Waals surface area contributed by atoms with Crippen LogP contribution in [0.4, 0.5) is 5.69 Å². The van der Waals surface area contributed by atoms with Crippen LogP contribution in [0.25, 0.3) is 0 Å². The van der Waals surface area contributed by atoms with E-state index >= 15 is 0 Å². The van der Waals surface area contributed by atoms with Crippen molar-refractivity contribution in [1.29, 1.82) is 0 Å². The van der Waals surface area contributed by atoms with E-state index in [2.05, 4.69) is 24.1 Å². The molecule has 0 spiro atoms. The highest BCUT2D eigenvalue weighted by Crippen LogP contribution is 2.23. The number of rotatable bonds is 4. The molecule has 0 radical (unpaired) electrons. The molecule has 114 valence electrons. The molecule has 1 aromatic carbocycles. The Bertz CT molecular complexity index is 518. The summed E-state index contributed by atoms with van der Waals surface area (Å²) in [6, 6.07) is 7.71. The summed E-state index contributed by atoms with van der Waals surface area (Å²) in [4.78, 5) is 14.7. The number of hydrogen-bond donors (Lipinski definition) is 2. The molecule has 1 amide bonds. The summed E-state index contributed by atoms with van der Waals surface area (Å²) in [5.74, 6) is 1.10. The summed E-state index contributed by atoms with van der Waals surface area (Å²) in [7, 11) is 0. The Morgan fingerprint density at radius 1 is 1.43 bits per heavy atom. The summed E-state index contributed by atoms with van der Waals surface area (Å²) in [6.45, 7) is 5.79. The fourth-order valence-corrected chi connectivity index (χ4v) is 3.62.